The zero-order chi connectivity index (χ0) is 14.8. The summed E-state index contributed by atoms with van der Waals surface area (Å²) in [7, 11) is -4.72. The van der Waals surface area contributed by atoms with Crippen LogP contribution in [0.25, 0.3) is 0 Å². The first-order chi connectivity index (χ1) is 8.61. The van der Waals surface area contributed by atoms with Gasteiger partial charge in [-0.3, -0.25) is 4.52 Å². The third-order valence-electron chi connectivity index (χ3n) is 2.48. The van der Waals surface area contributed by atoms with E-state index >= 15 is 0 Å². The summed E-state index contributed by atoms with van der Waals surface area (Å²) in [5, 5.41) is 28.9. The van der Waals surface area contributed by atoms with Crippen LogP contribution in [0.5, 0.6) is 0 Å². The number of aliphatic hydroxyl groups is 3. The van der Waals surface area contributed by atoms with Gasteiger partial charge >= 0.3 is 7.82 Å². The molecule has 0 aliphatic carbocycles. The Morgan fingerprint density at radius 1 is 1.16 bits per heavy atom. The predicted molar refractivity (Wildman–Crippen MR) is 60.9 cm³/mol. The van der Waals surface area contributed by atoms with E-state index in [0.29, 0.717) is 0 Å². The molecule has 3 unspecified atom stereocenters. The fourth-order valence-corrected chi connectivity index (χ4v) is 1.95. The third-order valence-corrected chi connectivity index (χ3v) is 2.97. The predicted octanol–water partition coefficient (Wildman–Crippen LogP) is -1.67. The minimum absolute atomic E-state index is 0.314. The number of ether oxygens (including phenoxy) is 2. The van der Waals surface area contributed by atoms with Gasteiger partial charge in [-0.1, -0.05) is 0 Å². The van der Waals surface area contributed by atoms with Crippen molar-refractivity contribution in [2.75, 3.05) is 6.61 Å². The van der Waals surface area contributed by atoms with Crippen molar-refractivity contribution in [1.29, 1.82) is 0 Å². The summed E-state index contributed by atoms with van der Waals surface area (Å²) in [5.41, 5.74) is 0. The zero-order valence-corrected chi connectivity index (χ0v) is 11.4. The average Bonchev–Trinajstić information content (AvgIpc) is 2.26. The molecular formula is C9H19O9P. The summed E-state index contributed by atoms with van der Waals surface area (Å²) in [6.07, 6.45) is -7.34. The lowest BCUT2D eigenvalue weighted by atomic mass is 9.99. The number of phosphoric ester groups is 1. The minimum Gasteiger partial charge on any atom is -0.387 e. The molecule has 0 radical (unpaired) electrons. The second-order valence-corrected chi connectivity index (χ2v) is 5.73. The molecule has 0 aromatic carbocycles. The van der Waals surface area contributed by atoms with E-state index in [9.17, 15) is 19.9 Å². The van der Waals surface area contributed by atoms with Crippen molar-refractivity contribution in [2.45, 2.75) is 50.7 Å². The van der Waals surface area contributed by atoms with Gasteiger partial charge in [-0.15, -0.1) is 0 Å². The van der Waals surface area contributed by atoms with E-state index in [1.54, 1.807) is 13.8 Å². The molecule has 1 fully saturated rings. The SMILES string of the molecule is CC(C)O[C@H]1OC(COP(=O)(O)O)[C@@H](O)C(O)C1O. The molecule has 9 nitrogen and oxygen atoms in total. The molecule has 0 amide bonds. The van der Waals surface area contributed by atoms with Crippen LogP contribution >= 0.6 is 7.82 Å². The topological polar surface area (TPSA) is 146 Å². The van der Waals surface area contributed by atoms with Crippen LogP contribution in [-0.4, -0.2) is 68.5 Å². The molecule has 1 saturated heterocycles. The molecular weight excluding hydrogens is 283 g/mol. The van der Waals surface area contributed by atoms with Crippen molar-refractivity contribution in [3.63, 3.8) is 0 Å². The number of rotatable bonds is 5. The zero-order valence-electron chi connectivity index (χ0n) is 10.5. The van der Waals surface area contributed by atoms with Crippen LogP contribution in [-0.2, 0) is 18.6 Å². The van der Waals surface area contributed by atoms with Gasteiger partial charge in [0.15, 0.2) is 6.29 Å². The van der Waals surface area contributed by atoms with Crippen LogP contribution in [0.3, 0.4) is 0 Å². The summed E-state index contributed by atoms with van der Waals surface area (Å²) < 4.78 is 25.1. The second-order valence-electron chi connectivity index (χ2n) is 4.49. The molecule has 0 aromatic heterocycles. The minimum atomic E-state index is -4.72. The molecule has 114 valence electrons. The maximum Gasteiger partial charge on any atom is 0.469 e. The molecule has 5 atom stereocenters. The number of phosphoric acid groups is 1. The number of aliphatic hydroxyl groups excluding tert-OH is 3. The molecule has 5 N–H and O–H groups in total. The van der Waals surface area contributed by atoms with Gasteiger partial charge < -0.3 is 34.6 Å². The van der Waals surface area contributed by atoms with Gasteiger partial charge in [0.05, 0.1) is 12.7 Å². The molecule has 10 heteroatoms. The van der Waals surface area contributed by atoms with Crippen molar-refractivity contribution >= 4 is 7.82 Å². The van der Waals surface area contributed by atoms with Crippen LogP contribution in [0.4, 0.5) is 0 Å². The average molecular weight is 302 g/mol. The molecule has 0 spiro atoms. The highest BCUT2D eigenvalue weighted by Crippen LogP contribution is 2.37. The van der Waals surface area contributed by atoms with Crippen LogP contribution in [0.1, 0.15) is 13.8 Å². The Morgan fingerprint density at radius 2 is 1.74 bits per heavy atom. The molecule has 0 bridgehead atoms. The summed E-state index contributed by atoms with van der Waals surface area (Å²) in [6, 6.07) is 0. The van der Waals surface area contributed by atoms with Crippen molar-refractivity contribution < 1.29 is 43.7 Å². The standard InChI is InChI=1S/C9H19O9P/c1-4(2)17-9-8(12)7(11)6(10)5(18-9)3-16-19(13,14)15/h4-12H,3H2,1-2H3,(H2,13,14,15)/t5?,6-,7?,8?,9+/m1/s1. The summed E-state index contributed by atoms with van der Waals surface area (Å²) in [4.78, 5) is 17.1. The fourth-order valence-electron chi connectivity index (χ4n) is 1.61. The molecule has 0 saturated carbocycles. The summed E-state index contributed by atoms with van der Waals surface area (Å²) in [5.74, 6) is 0. The molecule has 19 heavy (non-hydrogen) atoms. The fraction of sp³-hybridized carbons (Fsp3) is 1.00. The largest absolute Gasteiger partial charge is 0.469 e. The van der Waals surface area contributed by atoms with Gasteiger partial charge in [0, 0.05) is 0 Å². The first kappa shape index (κ1) is 17.0. The van der Waals surface area contributed by atoms with Gasteiger partial charge in [0.25, 0.3) is 0 Å². The maximum absolute atomic E-state index is 10.6. The van der Waals surface area contributed by atoms with E-state index in [0.717, 1.165) is 0 Å². The Balaban J connectivity index is 2.67. The molecule has 1 aliphatic heterocycles. The van der Waals surface area contributed by atoms with Gasteiger partial charge in [0.1, 0.15) is 24.4 Å². The van der Waals surface area contributed by atoms with Crippen LogP contribution < -0.4 is 0 Å². The Hall–Kier alpha value is -0.0900. The highest BCUT2D eigenvalue weighted by atomic mass is 31.2. The van der Waals surface area contributed by atoms with E-state index in [-0.39, 0.29) is 6.10 Å². The molecule has 0 aromatic rings. The van der Waals surface area contributed by atoms with E-state index in [1.165, 1.54) is 0 Å². The summed E-state index contributed by atoms with van der Waals surface area (Å²) >= 11 is 0. The Kier molecular flexibility index (Phi) is 5.87. The van der Waals surface area contributed by atoms with E-state index in [2.05, 4.69) is 4.52 Å². The second kappa shape index (κ2) is 6.57. The molecule has 1 heterocycles. The highest BCUT2D eigenvalue weighted by Gasteiger charge is 2.45. The van der Waals surface area contributed by atoms with E-state index in [1.807, 2.05) is 0 Å². The Bertz CT molecular complexity index is 330. The summed E-state index contributed by atoms with van der Waals surface area (Å²) in [6.45, 7) is 2.70. The van der Waals surface area contributed by atoms with Crippen LogP contribution in [0.15, 0.2) is 0 Å². The van der Waals surface area contributed by atoms with Crippen molar-refractivity contribution in [3.8, 4) is 0 Å². The van der Waals surface area contributed by atoms with Crippen molar-refractivity contribution in [2.24, 2.45) is 0 Å². The van der Waals surface area contributed by atoms with Gasteiger partial charge in [-0.2, -0.15) is 0 Å². The lowest BCUT2D eigenvalue weighted by molar-refractivity contribution is -0.307. The van der Waals surface area contributed by atoms with E-state index < -0.39 is 45.1 Å². The van der Waals surface area contributed by atoms with Gasteiger partial charge in [0.2, 0.25) is 0 Å². The smallest absolute Gasteiger partial charge is 0.387 e. The van der Waals surface area contributed by atoms with Gasteiger partial charge in [-0.05, 0) is 13.8 Å². The molecule has 1 rings (SSSR count). The number of hydrogen-bond acceptors (Lipinski definition) is 7. The third kappa shape index (κ3) is 5.07. The van der Waals surface area contributed by atoms with Crippen LogP contribution in [0.2, 0.25) is 0 Å². The first-order valence-corrected chi connectivity index (χ1v) is 7.20. The van der Waals surface area contributed by atoms with Crippen molar-refractivity contribution in [1.82, 2.24) is 0 Å². The Labute approximate surface area is 110 Å². The molecule has 1 aliphatic rings. The lowest BCUT2D eigenvalue weighted by Gasteiger charge is -2.40. The number of hydrogen-bond donors (Lipinski definition) is 5. The van der Waals surface area contributed by atoms with Gasteiger partial charge in [-0.25, -0.2) is 4.57 Å². The maximum atomic E-state index is 10.6. The van der Waals surface area contributed by atoms with Crippen molar-refractivity contribution in [3.05, 3.63) is 0 Å². The highest BCUT2D eigenvalue weighted by molar-refractivity contribution is 7.46. The monoisotopic (exact) mass is 302 g/mol. The van der Waals surface area contributed by atoms with E-state index in [4.69, 9.17) is 19.3 Å². The quantitative estimate of drug-likeness (QED) is 0.376. The first-order valence-electron chi connectivity index (χ1n) is 5.67. The van der Waals surface area contributed by atoms with Crippen LogP contribution in [0, 0.1) is 0 Å². The lowest BCUT2D eigenvalue weighted by Crippen LogP contribution is -2.59. The normalized spacial score (nSPS) is 36.7. The Morgan fingerprint density at radius 3 is 2.21 bits per heavy atom.